The van der Waals surface area contributed by atoms with Crippen LogP contribution in [0.3, 0.4) is 0 Å². The van der Waals surface area contributed by atoms with Crippen molar-refractivity contribution in [3.63, 3.8) is 0 Å². The lowest BCUT2D eigenvalue weighted by Crippen LogP contribution is -2.00. The number of benzene rings is 1. The minimum atomic E-state index is -0.423. The van der Waals surface area contributed by atoms with Crippen LogP contribution in [0.1, 0.15) is 24.8 Å². The van der Waals surface area contributed by atoms with Gasteiger partial charge < -0.3 is 9.53 Å². The van der Waals surface area contributed by atoms with Crippen molar-refractivity contribution in [2.24, 2.45) is 0 Å². The van der Waals surface area contributed by atoms with Crippen molar-refractivity contribution in [2.45, 2.75) is 19.3 Å². The summed E-state index contributed by atoms with van der Waals surface area (Å²) >= 11 is 5.83. The van der Waals surface area contributed by atoms with Crippen LogP contribution < -0.4 is 4.74 Å². The zero-order chi connectivity index (χ0) is 11.4. The molecule has 0 aromatic heterocycles. The van der Waals surface area contributed by atoms with Crippen LogP contribution in [-0.4, -0.2) is 13.4 Å². The number of aldehydes is 1. The average Bonchev–Trinajstić information content (AvgIpc) is 2.17. The van der Waals surface area contributed by atoms with E-state index in [2.05, 4.69) is 0 Å². The number of hydrogen-bond acceptors (Lipinski definition) is 2. The van der Waals surface area contributed by atoms with E-state index in [0.717, 1.165) is 6.29 Å². The van der Waals surface area contributed by atoms with Crippen molar-refractivity contribution in [3.05, 3.63) is 28.5 Å². The molecular weight excluding hydrogens is 219 g/mol. The van der Waals surface area contributed by atoms with E-state index >= 15 is 0 Å². The Morgan fingerprint density at radius 2 is 2.27 bits per heavy atom. The molecule has 2 nitrogen and oxygen atoms in total. The molecule has 0 spiro atoms. The number of halogens is 2. The van der Waals surface area contributed by atoms with Gasteiger partial charge in [-0.05, 0) is 18.1 Å². The first kappa shape index (κ1) is 12.0. The van der Waals surface area contributed by atoms with Gasteiger partial charge in [0, 0.05) is 12.0 Å². The lowest BCUT2D eigenvalue weighted by molar-refractivity contribution is -0.108. The van der Waals surface area contributed by atoms with Crippen LogP contribution in [-0.2, 0) is 4.79 Å². The number of methoxy groups -OCH3 is 1. The fraction of sp³-hybridized carbons (Fsp3) is 0.364. The van der Waals surface area contributed by atoms with Crippen molar-refractivity contribution in [1.29, 1.82) is 0 Å². The van der Waals surface area contributed by atoms with E-state index in [1.54, 1.807) is 0 Å². The van der Waals surface area contributed by atoms with E-state index in [1.165, 1.54) is 19.2 Å². The van der Waals surface area contributed by atoms with Gasteiger partial charge in [-0.15, -0.1) is 0 Å². The first-order valence-electron chi connectivity index (χ1n) is 4.56. The summed E-state index contributed by atoms with van der Waals surface area (Å²) in [4.78, 5) is 10.4. The molecular formula is C11H12ClFO2. The first-order valence-corrected chi connectivity index (χ1v) is 4.94. The molecule has 0 aliphatic rings. The molecule has 0 aliphatic heterocycles. The lowest BCUT2D eigenvalue weighted by Gasteiger charge is -2.14. The summed E-state index contributed by atoms with van der Waals surface area (Å²) in [6.45, 7) is 1.82. The van der Waals surface area contributed by atoms with Gasteiger partial charge >= 0.3 is 0 Å². The second kappa shape index (κ2) is 5.12. The Kier molecular flexibility index (Phi) is 4.09. The quantitative estimate of drug-likeness (QED) is 0.743. The molecule has 0 heterocycles. The van der Waals surface area contributed by atoms with Crippen LogP contribution in [0.2, 0.25) is 5.02 Å². The molecule has 1 unspecified atom stereocenters. The van der Waals surface area contributed by atoms with Gasteiger partial charge in [0.1, 0.15) is 17.9 Å². The second-order valence-electron chi connectivity index (χ2n) is 3.31. The number of carbonyl (C=O) groups excluding carboxylic acids is 1. The largest absolute Gasteiger partial charge is 0.495 e. The Morgan fingerprint density at radius 3 is 2.80 bits per heavy atom. The normalized spacial score (nSPS) is 12.3. The van der Waals surface area contributed by atoms with Gasteiger partial charge in [-0.2, -0.15) is 0 Å². The molecule has 4 heteroatoms. The molecule has 0 saturated heterocycles. The van der Waals surface area contributed by atoms with Crippen LogP contribution in [0.5, 0.6) is 5.75 Å². The van der Waals surface area contributed by atoms with E-state index in [1.807, 2.05) is 6.92 Å². The Bertz CT molecular complexity index is 366. The highest BCUT2D eigenvalue weighted by atomic mass is 35.5. The van der Waals surface area contributed by atoms with Crippen molar-refractivity contribution in [2.75, 3.05) is 7.11 Å². The zero-order valence-corrected chi connectivity index (χ0v) is 9.34. The Morgan fingerprint density at radius 1 is 1.60 bits per heavy atom. The molecule has 0 radical (unpaired) electrons. The van der Waals surface area contributed by atoms with Gasteiger partial charge in [-0.3, -0.25) is 0 Å². The highest BCUT2D eigenvalue weighted by molar-refractivity contribution is 6.32. The van der Waals surface area contributed by atoms with E-state index < -0.39 is 5.82 Å². The van der Waals surface area contributed by atoms with Crippen LogP contribution >= 0.6 is 11.6 Å². The van der Waals surface area contributed by atoms with Crippen LogP contribution in [0.25, 0.3) is 0 Å². The summed E-state index contributed by atoms with van der Waals surface area (Å²) in [6.07, 6.45) is 1.11. The topological polar surface area (TPSA) is 26.3 Å². The predicted molar refractivity (Wildman–Crippen MR) is 57.1 cm³/mol. The Balaban J connectivity index is 3.19. The summed E-state index contributed by atoms with van der Waals surface area (Å²) in [5.41, 5.74) is 0.620. The van der Waals surface area contributed by atoms with Gasteiger partial charge in [0.2, 0.25) is 0 Å². The van der Waals surface area contributed by atoms with Gasteiger partial charge in [0.25, 0.3) is 0 Å². The molecule has 0 bridgehead atoms. The molecule has 1 atom stereocenters. The number of ether oxygens (including phenoxy) is 1. The summed E-state index contributed by atoms with van der Waals surface area (Å²) in [6, 6.07) is 2.54. The maximum atomic E-state index is 13.1. The fourth-order valence-corrected chi connectivity index (χ4v) is 1.72. The summed E-state index contributed by atoms with van der Waals surface area (Å²) in [5.74, 6) is -0.0911. The first-order chi connectivity index (χ1) is 7.10. The average molecular weight is 231 g/mol. The van der Waals surface area contributed by atoms with Crippen molar-refractivity contribution < 1.29 is 13.9 Å². The number of carbonyl (C=O) groups is 1. The van der Waals surface area contributed by atoms with E-state index in [4.69, 9.17) is 16.3 Å². The standard InChI is InChI=1S/C11H12ClFO2/c1-7(3-4-14)9-5-8(13)6-10(12)11(9)15-2/h4-7H,3H2,1-2H3. The molecule has 1 aromatic carbocycles. The smallest absolute Gasteiger partial charge is 0.141 e. The molecule has 1 aromatic rings. The zero-order valence-electron chi connectivity index (χ0n) is 8.59. The van der Waals surface area contributed by atoms with Crippen molar-refractivity contribution in [1.82, 2.24) is 0 Å². The fourth-order valence-electron chi connectivity index (χ4n) is 1.43. The highest BCUT2D eigenvalue weighted by Crippen LogP contribution is 2.35. The SMILES string of the molecule is COc1c(Cl)cc(F)cc1C(C)CC=O. The summed E-state index contributed by atoms with van der Waals surface area (Å²) < 4.78 is 18.2. The molecule has 82 valence electrons. The maximum Gasteiger partial charge on any atom is 0.141 e. The molecule has 0 N–H and O–H groups in total. The number of rotatable bonds is 4. The molecule has 15 heavy (non-hydrogen) atoms. The summed E-state index contributed by atoms with van der Waals surface area (Å²) in [5, 5.41) is 0.227. The molecule has 1 rings (SSSR count). The third-order valence-corrected chi connectivity index (χ3v) is 2.50. The molecule has 0 aliphatic carbocycles. The van der Waals surface area contributed by atoms with E-state index in [9.17, 15) is 9.18 Å². The van der Waals surface area contributed by atoms with Crippen molar-refractivity contribution in [3.8, 4) is 5.75 Å². The Labute approximate surface area is 93.0 Å². The van der Waals surface area contributed by atoms with Crippen LogP contribution in [0.4, 0.5) is 4.39 Å². The molecule has 0 amide bonds. The second-order valence-corrected chi connectivity index (χ2v) is 3.72. The number of hydrogen-bond donors (Lipinski definition) is 0. The monoisotopic (exact) mass is 230 g/mol. The van der Waals surface area contributed by atoms with Gasteiger partial charge in [-0.1, -0.05) is 18.5 Å². The van der Waals surface area contributed by atoms with E-state index in [-0.39, 0.29) is 10.9 Å². The van der Waals surface area contributed by atoms with Gasteiger partial charge in [-0.25, -0.2) is 4.39 Å². The van der Waals surface area contributed by atoms with Crippen LogP contribution in [0.15, 0.2) is 12.1 Å². The minimum Gasteiger partial charge on any atom is -0.495 e. The predicted octanol–water partition coefficient (Wildman–Crippen LogP) is 3.18. The molecule has 0 saturated carbocycles. The Hall–Kier alpha value is -1.09. The van der Waals surface area contributed by atoms with Gasteiger partial charge in [0.15, 0.2) is 0 Å². The minimum absolute atomic E-state index is 0.106. The van der Waals surface area contributed by atoms with Crippen LogP contribution in [0, 0.1) is 5.82 Å². The van der Waals surface area contributed by atoms with E-state index in [0.29, 0.717) is 17.7 Å². The highest BCUT2D eigenvalue weighted by Gasteiger charge is 2.15. The van der Waals surface area contributed by atoms with Gasteiger partial charge in [0.05, 0.1) is 12.1 Å². The third-order valence-electron chi connectivity index (χ3n) is 2.22. The maximum absolute atomic E-state index is 13.1. The lowest BCUT2D eigenvalue weighted by atomic mass is 9.97. The molecule has 0 fully saturated rings. The summed E-state index contributed by atoms with van der Waals surface area (Å²) in [7, 11) is 1.47. The third kappa shape index (κ3) is 2.69. The van der Waals surface area contributed by atoms with Crippen molar-refractivity contribution >= 4 is 17.9 Å².